The van der Waals surface area contributed by atoms with Gasteiger partial charge in [0.1, 0.15) is 5.54 Å². The van der Waals surface area contributed by atoms with E-state index >= 15 is 0 Å². The highest BCUT2D eigenvalue weighted by Gasteiger charge is 2.51. The summed E-state index contributed by atoms with van der Waals surface area (Å²) in [5.41, 5.74) is 3.54. The van der Waals surface area contributed by atoms with E-state index in [4.69, 9.17) is 5.73 Å². The van der Waals surface area contributed by atoms with Crippen LogP contribution in [0.25, 0.3) is 0 Å². The van der Waals surface area contributed by atoms with E-state index in [1.165, 1.54) is 0 Å². The number of alkyl halides is 3. The average Bonchev–Trinajstić information content (AvgIpc) is 2.26. The molecule has 1 nitrogen and oxygen atoms in total. The van der Waals surface area contributed by atoms with Crippen molar-refractivity contribution in [1.82, 2.24) is 0 Å². The van der Waals surface area contributed by atoms with Gasteiger partial charge in [-0.25, -0.2) is 0 Å². The first-order valence-electron chi connectivity index (χ1n) is 5.62. The lowest BCUT2D eigenvalue weighted by Gasteiger charge is -2.30. The first-order valence-corrected chi connectivity index (χ1v) is 5.62. The van der Waals surface area contributed by atoms with Crippen molar-refractivity contribution in [3.05, 3.63) is 0 Å². The number of rotatable bonds is 1. The third-order valence-electron chi connectivity index (χ3n) is 3.67. The molecule has 0 unspecified atom stereocenters. The predicted octanol–water partition coefficient (Wildman–Crippen LogP) is 3.48. The van der Waals surface area contributed by atoms with Crippen molar-refractivity contribution in [3.63, 3.8) is 0 Å². The van der Waals surface area contributed by atoms with Gasteiger partial charge in [-0.1, -0.05) is 26.7 Å². The lowest BCUT2D eigenvalue weighted by atomic mass is 9.87. The van der Waals surface area contributed by atoms with E-state index in [0.717, 1.165) is 6.42 Å². The third-order valence-corrected chi connectivity index (χ3v) is 3.67. The quantitative estimate of drug-likeness (QED) is 0.677. The highest BCUT2D eigenvalue weighted by molar-refractivity contribution is 4.94. The van der Waals surface area contributed by atoms with Gasteiger partial charge in [0.05, 0.1) is 0 Å². The number of nitrogens with two attached hydrogens (primary N) is 1. The van der Waals surface area contributed by atoms with Crippen LogP contribution in [0, 0.1) is 11.8 Å². The average molecular weight is 223 g/mol. The monoisotopic (exact) mass is 223 g/mol. The minimum Gasteiger partial charge on any atom is -0.318 e. The molecule has 0 amide bonds. The van der Waals surface area contributed by atoms with Crippen molar-refractivity contribution in [2.75, 3.05) is 0 Å². The molecular formula is C11H20F3N. The molecule has 2 atom stereocenters. The molecule has 1 fully saturated rings. The van der Waals surface area contributed by atoms with E-state index in [9.17, 15) is 13.2 Å². The van der Waals surface area contributed by atoms with Gasteiger partial charge in [-0.2, -0.15) is 13.2 Å². The summed E-state index contributed by atoms with van der Waals surface area (Å²) in [6, 6.07) is 0. The molecule has 90 valence electrons. The SMILES string of the molecule is CC(C)[C@H]1CCC[C@](N)(C(F)(F)F)CC1. The van der Waals surface area contributed by atoms with Gasteiger partial charge in [0, 0.05) is 0 Å². The normalized spacial score (nSPS) is 34.2. The molecule has 15 heavy (non-hydrogen) atoms. The van der Waals surface area contributed by atoms with Crippen LogP contribution in [-0.4, -0.2) is 11.7 Å². The van der Waals surface area contributed by atoms with Gasteiger partial charge in [-0.3, -0.25) is 0 Å². The van der Waals surface area contributed by atoms with Crippen molar-refractivity contribution in [1.29, 1.82) is 0 Å². The largest absolute Gasteiger partial charge is 0.406 e. The first kappa shape index (κ1) is 12.8. The van der Waals surface area contributed by atoms with Gasteiger partial charge in [0.2, 0.25) is 0 Å². The van der Waals surface area contributed by atoms with Crippen molar-refractivity contribution < 1.29 is 13.2 Å². The maximum absolute atomic E-state index is 12.7. The standard InChI is InChI=1S/C11H20F3N/c1-8(2)9-4-3-6-10(15,7-5-9)11(12,13)14/h8-9H,3-7,15H2,1-2H3/t9-,10+/m0/s1. The zero-order valence-corrected chi connectivity index (χ0v) is 9.40. The van der Waals surface area contributed by atoms with Gasteiger partial charge < -0.3 is 5.73 Å². The highest BCUT2D eigenvalue weighted by Crippen LogP contribution is 2.41. The Kier molecular flexibility index (Phi) is 3.69. The van der Waals surface area contributed by atoms with Gasteiger partial charge in [0.25, 0.3) is 0 Å². The Morgan fingerprint density at radius 2 is 1.80 bits per heavy atom. The first-order chi connectivity index (χ1) is 6.76. The summed E-state index contributed by atoms with van der Waals surface area (Å²) in [5, 5.41) is 0. The topological polar surface area (TPSA) is 26.0 Å². The van der Waals surface area contributed by atoms with Crippen LogP contribution < -0.4 is 5.73 Å². The second-order valence-corrected chi connectivity index (χ2v) is 5.09. The maximum atomic E-state index is 12.7. The highest BCUT2D eigenvalue weighted by atomic mass is 19.4. The second kappa shape index (κ2) is 4.32. The molecule has 1 aliphatic rings. The molecule has 0 aromatic heterocycles. The van der Waals surface area contributed by atoms with Gasteiger partial charge in [-0.15, -0.1) is 0 Å². The Bertz CT molecular complexity index is 212. The third kappa shape index (κ3) is 2.86. The van der Waals surface area contributed by atoms with Crippen LogP contribution >= 0.6 is 0 Å². The van der Waals surface area contributed by atoms with Gasteiger partial charge >= 0.3 is 6.18 Å². The zero-order valence-electron chi connectivity index (χ0n) is 9.40. The molecule has 0 radical (unpaired) electrons. The van der Waals surface area contributed by atoms with Crippen LogP contribution in [0.3, 0.4) is 0 Å². The maximum Gasteiger partial charge on any atom is 0.406 e. The fourth-order valence-electron chi connectivity index (χ4n) is 2.34. The molecule has 1 aliphatic carbocycles. The van der Waals surface area contributed by atoms with Gasteiger partial charge in [0.15, 0.2) is 0 Å². The van der Waals surface area contributed by atoms with E-state index in [0.29, 0.717) is 24.7 Å². The molecule has 0 aromatic carbocycles. The Hall–Kier alpha value is -0.250. The summed E-state index contributed by atoms with van der Waals surface area (Å²) in [5.74, 6) is 0.860. The molecule has 4 heteroatoms. The summed E-state index contributed by atoms with van der Waals surface area (Å²) >= 11 is 0. The predicted molar refractivity (Wildman–Crippen MR) is 54.4 cm³/mol. The summed E-state index contributed by atoms with van der Waals surface area (Å²) in [4.78, 5) is 0. The minimum absolute atomic E-state index is 0.0827. The summed E-state index contributed by atoms with van der Waals surface area (Å²) in [6.07, 6.45) is -2.00. The molecule has 1 saturated carbocycles. The van der Waals surface area contributed by atoms with Crippen LogP contribution in [-0.2, 0) is 0 Å². The van der Waals surface area contributed by atoms with Crippen LogP contribution in [0.4, 0.5) is 13.2 Å². The summed E-state index contributed by atoms with van der Waals surface area (Å²) < 4.78 is 38.1. The molecule has 1 rings (SSSR count). The van der Waals surface area contributed by atoms with Crippen molar-refractivity contribution in [3.8, 4) is 0 Å². The van der Waals surface area contributed by atoms with Crippen LogP contribution in [0.2, 0.25) is 0 Å². The van der Waals surface area contributed by atoms with Crippen molar-refractivity contribution >= 4 is 0 Å². The summed E-state index contributed by atoms with van der Waals surface area (Å²) in [6.45, 7) is 4.14. The van der Waals surface area contributed by atoms with Crippen molar-refractivity contribution in [2.24, 2.45) is 17.6 Å². The Labute approximate surface area is 89.2 Å². The molecule has 2 N–H and O–H groups in total. The van der Waals surface area contributed by atoms with E-state index in [2.05, 4.69) is 13.8 Å². The Balaban J connectivity index is 2.67. The zero-order chi connectivity index (χ0) is 11.7. The molecule has 0 aromatic rings. The summed E-state index contributed by atoms with van der Waals surface area (Å²) in [7, 11) is 0. The number of hydrogen-bond donors (Lipinski definition) is 1. The fourth-order valence-corrected chi connectivity index (χ4v) is 2.34. The van der Waals surface area contributed by atoms with Gasteiger partial charge in [-0.05, 0) is 31.1 Å². The lowest BCUT2D eigenvalue weighted by Crippen LogP contribution is -2.53. The van der Waals surface area contributed by atoms with Crippen molar-refractivity contribution in [2.45, 2.75) is 57.7 Å². The molecule has 0 spiro atoms. The molecule has 0 bridgehead atoms. The van der Waals surface area contributed by atoms with E-state index < -0.39 is 11.7 Å². The molecular weight excluding hydrogens is 203 g/mol. The van der Waals surface area contributed by atoms with Crippen LogP contribution in [0.5, 0.6) is 0 Å². The minimum atomic E-state index is -4.25. The fraction of sp³-hybridized carbons (Fsp3) is 1.00. The molecule has 0 saturated heterocycles. The number of halogens is 3. The second-order valence-electron chi connectivity index (χ2n) is 5.09. The van der Waals surface area contributed by atoms with Crippen LogP contribution in [0.1, 0.15) is 46.0 Å². The van der Waals surface area contributed by atoms with E-state index in [1.807, 2.05) is 0 Å². The smallest absolute Gasteiger partial charge is 0.318 e. The number of hydrogen-bond acceptors (Lipinski definition) is 1. The molecule has 0 heterocycles. The van der Waals surface area contributed by atoms with E-state index in [-0.39, 0.29) is 12.8 Å². The Morgan fingerprint density at radius 1 is 1.20 bits per heavy atom. The Morgan fingerprint density at radius 3 is 2.27 bits per heavy atom. The van der Waals surface area contributed by atoms with Crippen LogP contribution in [0.15, 0.2) is 0 Å². The lowest BCUT2D eigenvalue weighted by molar-refractivity contribution is -0.189. The van der Waals surface area contributed by atoms with E-state index in [1.54, 1.807) is 0 Å². The molecule has 0 aliphatic heterocycles.